The largest absolute Gasteiger partial charge is 0.348 e. The van der Waals surface area contributed by atoms with Gasteiger partial charge in [0.05, 0.1) is 27.8 Å². The van der Waals surface area contributed by atoms with Gasteiger partial charge in [-0.3, -0.25) is 24.0 Å². The van der Waals surface area contributed by atoms with Crippen LogP contribution in [0.4, 0.5) is 0 Å². The first-order valence-corrected chi connectivity index (χ1v) is 13.3. The van der Waals surface area contributed by atoms with Gasteiger partial charge in [-0.1, -0.05) is 0 Å². The second-order valence-corrected chi connectivity index (χ2v) is 11.4. The van der Waals surface area contributed by atoms with Gasteiger partial charge in [-0.05, 0) is 54.7 Å². The molecule has 10 nitrogen and oxygen atoms in total. The Morgan fingerprint density at radius 3 is 0.625 bits per heavy atom. The molecule has 0 radical (unpaired) electrons. The van der Waals surface area contributed by atoms with Crippen LogP contribution in [0, 0.1) is 0 Å². The van der Waals surface area contributed by atoms with Gasteiger partial charge in [0.15, 0.2) is 0 Å². The van der Waals surface area contributed by atoms with E-state index in [1.165, 1.54) is 0 Å². The van der Waals surface area contributed by atoms with Crippen molar-refractivity contribution in [2.45, 2.75) is 32.7 Å². The van der Waals surface area contributed by atoms with Gasteiger partial charge in [-0.25, -0.2) is 0 Å². The predicted octanol–water partition coefficient (Wildman–Crippen LogP) is 1.98. The van der Waals surface area contributed by atoms with Gasteiger partial charge in [-0.2, -0.15) is 0 Å². The maximum atomic E-state index is 13.6. The smallest absolute Gasteiger partial charge is 0.252 e. The molecule has 0 saturated carbocycles. The van der Waals surface area contributed by atoms with E-state index in [9.17, 15) is 24.0 Å². The van der Waals surface area contributed by atoms with Crippen LogP contribution in [0.25, 0.3) is 53.9 Å². The molecule has 6 aromatic carbocycles. The van der Waals surface area contributed by atoms with Crippen molar-refractivity contribution in [2.24, 2.45) is 0 Å². The highest BCUT2D eigenvalue weighted by Gasteiger charge is 2.44. The van der Waals surface area contributed by atoms with E-state index in [1.54, 1.807) is 0 Å². The normalized spacial score (nSPS) is 18.8. The number of fused-ring (bicyclic) bond motifs is 5. The Morgan fingerprint density at radius 2 is 0.450 bits per heavy atom. The molecule has 0 saturated heterocycles. The third-order valence-electron chi connectivity index (χ3n) is 10.0. The highest BCUT2D eigenvalue weighted by molar-refractivity contribution is 6.52. The molecule has 11 rings (SSSR count). The van der Waals surface area contributed by atoms with Crippen molar-refractivity contribution < 1.29 is 24.0 Å². The molecule has 5 heterocycles. The molecule has 0 aliphatic carbocycles. The van der Waals surface area contributed by atoms with Crippen LogP contribution >= 0.6 is 0 Å². The van der Waals surface area contributed by atoms with Gasteiger partial charge < -0.3 is 26.6 Å². The maximum Gasteiger partial charge on any atom is 0.252 e. The number of rotatable bonds is 0. The zero-order valence-electron chi connectivity index (χ0n) is 20.6. The lowest BCUT2D eigenvalue weighted by Crippen LogP contribution is -2.37. The molecule has 0 bridgehead atoms. The average molecular weight is 525 g/mol. The predicted molar refractivity (Wildman–Crippen MR) is 143 cm³/mol. The summed E-state index contributed by atoms with van der Waals surface area (Å²) in [5.74, 6) is -1.17. The summed E-state index contributed by atoms with van der Waals surface area (Å²) >= 11 is 0. The molecule has 0 fully saturated rings. The van der Waals surface area contributed by atoms with Gasteiger partial charge in [0.1, 0.15) is 0 Å². The summed E-state index contributed by atoms with van der Waals surface area (Å²) in [5.41, 5.74) is 6.09. The Kier molecular flexibility index (Phi) is 2.81. The monoisotopic (exact) mass is 525 g/mol. The topological polar surface area (TPSA) is 146 Å². The number of amides is 5. The molecule has 5 N–H and O–H groups in total. The molecular weight excluding hydrogens is 510 g/mol. The first-order chi connectivity index (χ1) is 19.5. The second-order valence-electron chi connectivity index (χ2n) is 11.4. The van der Waals surface area contributed by atoms with Crippen LogP contribution in [0.2, 0.25) is 0 Å². The Bertz CT molecular complexity index is 2010. The molecule has 0 spiro atoms. The summed E-state index contributed by atoms with van der Waals surface area (Å²) in [6, 6.07) is 0. The molecule has 5 aliphatic rings. The number of hydrogen-bond acceptors (Lipinski definition) is 5. The molecule has 6 aromatic rings. The van der Waals surface area contributed by atoms with Crippen LogP contribution < -0.4 is 26.6 Å². The lowest BCUT2D eigenvalue weighted by Gasteiger charge is -2.31. The highest BCUT2D eigenvalue weighted by Crippen LogP contribution is 2.58. The van der Waals surface area contributed by atoms with Crippen LogP contribution in [0.1, 0.15) is 79.6 Å². The fourth-order valence-corrected chi connectivity index (χ4v) is 8.81. The van der Waals surface area contributed by atoms with Crippen LogP contribution in [-0.2, 0) is 32.7 Å². The van der Waals surface area contributed by atoms with Gasteiger partial charge in [0.2, 0.25) is 0 Å². The van der Waals surface area contributed by atoms with Crippen LogP contribution in [0.3, 0.4) is 0 Å². The fraction of sp³-hybridized carbons (Fsp3) is 0.167. The number of carbonyl (C=O) groups excluding carboxylic acids is 5. The molecule has 0 aromatic heterocycles. The maximum absolute atomic E-state index is 13.6. The Morgan fingerprint density at radius 1 is 0.275 bits per heavy atom. The van der Waals surface area contributed by atoms with E-state index in [-0.39, 0.29) is 62.3 Å². The number of benzene rings is 5. The number of nitrogens with one attached hydrogen (secondary N) is 5. The molecule has 5 amide bonds. The van der Waals surface area contributed by atoms with Gasteiger partial charge in [0.25, 0.3) is 29.5 Å². The van der Waals surface area contributed by atoms with Crippen molar-refractivity contribution in [3.05, 3.63) is 55.6 Å². The zero-order valence-corrected chi connectivity index (χ0v) is 20.6. The standard InChI is InChI=1S/C30H15N5O5/c36-26-17-8-3-33-29(39)19-10-5-35-30(40)20-9-4-34-28(38)18-7-2-32-27(37)16-6(1-31-26)11(17)21-22(12(7)16)24(14(9)18)25(15(10)20)23(21)13(8)19/h1-5H2,(H,31,36)(H,32,37)(H,33,39)(H,34,38)(H,35,40). The molecule has 190 valence electrons. The number of carbonyl (C=O) groups is 5. The van der Waals surface area contributed by atoms with Crippen molar-refractivity contribution in [1.29, 1.82) is 0 Å². The van der Waals surface area contributed by atoms with E-state index >= 15 is 0 Å². The third-order valence-corrected chi connectivity index (χ3v) is 10.0. The molecule has 40 heavy (non-hydrogen) atoms. The fourth-order valence-electron chi connectivity index (χ4n) is 8.81. The van der Waals surface area contributed by atoms with Crippen molar-refractivity contribution in [2.75, 3.05) is 0 Å². The van der Waals surface area contributed by atoms with E-state index in [2.05, 4.69) is 26.6 Å². The quantitative estimate of drug-likeness (QED) is 0.193. The Balaban J connectivity index is 1.63. The van der Waals surface area contributed by atoms with E-state index in [4.69, 9.17) is 0 Å². The second kappa shape index (κ2) is 5.69. The highest BCUT2D eigenvalue weighted by atomic mass is 16.2. The van der Waals surface area contributed by atoms with Gasteiger partial charge in [0, 0.05) is 59.7 Å². The summed E-state index contributed by atoms with van der Waals surface area (Å²) in [5, 5.41) is 22.9. The van der Waals surface area contributed by atoms with E-state index in [0.29, 0.717) is 27.8 Å². The number of hydrogen-bond donors (Lipinski definition) is 5. The van der Waals surface area contributed by atoms with Crippen molar-refractivity contribution >= 4 is 83.4 Å². The first-order valence-electron chi connectivity index (χ1n) is 13.3. The van der Waals surface area contributed by atoms with Crippen LogP contribution in [-0.4, -0.2) is 29.5 Å². The van der Waals surface area contributed by atoms with Gasteiger partial charge >= 0.3 is 0 Å². The molecular formula is C30H15N5O5. The molecule has 0 atom stereocenters. The molecule has 0 unspecified atom stereocenters. The van der Waals surface area contributed by atoms with Crippen molar-refractivity contribution in [3.8, 4) is 0 Å². The van der Waals surface area contributed by atoms with E-state index in [1.807, 2.05) is 0 Å². The lowest BCUT2D eigenvalue weighted by atomic mass is 9.78. The lowest BCUT2D eigenvalue weighted by molar-refractivity contribution is 0.0925. The third kappa shape index (κ3) is 1.69. The SMILES string of the molecule is O=C1NCc2c3c4c(c5c6c(c7c8c(c9c%10c(c1c2c1c4c6c8c%101)CNC9=O)CNC7=O)CNC5=O)CNC3=O. The van der Waals surface area contributed by atoms with Crippen molar-refractivity contribution in [3.63, 3.8) is 0 Å². The van der Waals surface area contributed by atoms with Crippen LogP contribution in [0.5, 0.6) is 0 Å². The summed E-state index contributed by atoms with van der Waals surface area (Å²) in [7, 11) is 0. The van der Waals surface area contributed by atoms with Gasteiger partial charge in [-0.15, -0.1) is 0 Å². The summed E-state index contributed by atoms with van der Waals surface area (Å²) in [6.07, 6.45) is 0. The molecule has 5 aliphatic heterocycles. The van der Waals surface area contributed by atoms with E-state index in [0.717, 1.165) is 81.7 Å². The van der Waals surface area contributed by atoms with Crippen molar-refractivity contribution in [1.82, 2.24) is 26.6 Å². The summed E-state index contributed by atoms with van der Waals surface area (Å²) in [6.45, 7) is 0.906. The summed E-state index contributed by atoms with van der Waals surface area (Å²) < 4.78 is 0. The average Bonchev–Trinajstić information content (AvgIpc) is 3.32. The minimum atomic E-state index is -0.234. The van der Waals surface area contributed by atoms with Crippen LogP contribution in [0.15, 0.2) is 0 Å². The minimum absolute atomic E-state index is 0.181. The Labute approximate surface area is 222 Å². The minimum Gasteiger partial charge on any atom is -0.348 e. The van der Waals surface area contributed by atoms with E-state index < -0.39 is 0 Å². The molecule has 10 heteroatoms. The Hall–Kier alpha value is -5.25. The first kappa shape index (κ1) is 19.8. The summed E-state index contributed by atoms with van der Waals surface area (Å²) in [4.78, 5) is 68.0. The zero-order chi connectivity index (χ0) is 26.5.